The van der Waals surface area contributed by atoms with Gasteiger partial charge in [0.05, 0.1) is 10.3 Å². The third-order valence-corrected chi connectivity index (χ3v) is 6.28. The Kier molecular flexibility index (Phi) is 3.61. The van der Waals surface area contributed by atoms with Gasteiger partial charge in [0.15, 0.2) is 0 Å². The molecule has 2 bridgehead atoms. The minimum Gasteiger partial charge on any atom is -0.353 e. The summed E-state index contributed by atoms with van der Waals surface area (Å²) < 4.78 is 0. The van der Waals surface area contributed by atoms with Crippen molar-refractivity contribution < 1.29 is 4.92 Å². The van der Waals surface area contributed by atoms with Crippen LogP contribution in [0.1, 0.15) is 12.8 Å². The molecule has 2 aromatic heterocycles. The highest BCUT2D eigenvalue weighted by Gasteiger charge is 2.33. The van der Waals surface area contributed by atoms with Crippen LogP contribution < -0.4 is 10.2 Å². The average molecular weight is 367 g/mol. The number of hydrogen-bond acceptors (Lipinski definition) is 7. The highest BCUT2D eigenvalue weighted by atomic mass is 32.1. The van der Waals surface area contributed by atoms with Crippen molar-refractivity contribution in [3.05, 3.63) is 46.8 Å². The summed E-state index contributed by atoms with van der Waals surface area (Å²) in [4.78, 5) is 23.9. The number of nitro groups is 1. The van der Waals surface area contributed by atoms with Crippen molar-refractivity contribution in [2.75, 3.05) is 18.0 Å². The number of nitrogens with one attached hydrogen (secondary N) is 1. The van der Waals surface area contributed by atoms with E-state index in [2.05, 4.69) is 26.3 Å². The number of anilines is 1. The number of nitro benzene ring substituents is 1. The van der Waals surface area contributed by atoms with Crippen LogP contribution >= 0.6 is 11.3 Å². The van der Waals surface area contributed by atoms with Crippen molar-refractivity contribution in [3.8, 4) is 10.4 Å². The lowest BCUT2D eigenvalue weighted by atomic mass is 10.1. The van der Waals surface area contributed by atoms with E-state index in [9.17, 15) is 10.1 Å². The zero-order valence-electron chi connectivity index (χ0n) is 14.0. The molecule has 2 atom stereocenters. The standard InChI is InChI=1S/C18H17N5O2S/c24-23(25)14-5-1-11(2-6-14)16-7-15-17(19-10-20-18(15)26-16)22-8-12-3-4-13(9-22)21-12/h1-2,5-7,10,12-13,21H,3-4,8-9H2. The van der Waals surface area contributed by atoms with Crippen LogP contribution in [0.2, 0.25) is 0 Å². The van der Waals surface area contributed by atoms with Crippen LogP contribution in [-0.4, -0.2) is 40.1 Å². The maximum Gasteiger partial charge on any atom is 0.269 e. The maximum absolute atomic E-state index is 10.8. The first kappa shape index (κ1) is 15.7. The van der Waals surface area contributed by atoms with E-state index in [1.807, 2.05) is 0 Å². The Balaban J connectivity index is 1.52. The third kappa shape index (κ3) is 2.62. The molecule has 5 rings (SSSR count). The van der Waals surface area contributed by atoms with E-state index >= 15 is 0 Å². The maximum atomic E-state index is 10.8. The molecule has 2 unspecified atom stereocenters. The van der Waals surface area contributed by atoms with Crippen LogP contribution in [0.15, 0.2) is 36.7 Å². The number of rotatable bonds is 3. The van der Waals surface area contributed by atoms with Crippen molar-refractivity contribution in [1.82, 2.24) is 15.3 Å². The summed E-state index contributed by atoms with van der Waals surface area (Å²) in [5.41, 5.74) is 1.07. The Labute approximate surface area is 153 Å². The smallest absolute Gasteiger partial charge is 0.269 e. The summed E-state index contributed by atoms with van der Waals surface area (Å²) in [7, 11) is 0. The van der Waals surface area contributed by atoms with Crippen LogP contribution in [0.25, 0.3) is 20.7 Å². The monoisotopic (exact) mass is 367 g/mol. The highest BCUT2D eigenvalue weighted by molar-refractivity contribution is 7.21. The number of aromatic nitrogens is 2. The molecule has 2 saturated heterocycles. The van der Waals surface area contributed by atoms with Gasteiger partial charge in [-0.2, -0.15) is 0 Å². The topological polar surface area (TPSA) is 84.2 Å². The molecule has 4 heterocycles. The Bertz CT molecular complexity index is 975. The number of fused-ring (bicyclic) bond motifs is 3. The summed E-state index contributed by atoms with van der Waals surface area (Å²) in [6.45, 7) is 1.96. The minimum atomic E-state index is -0.378. The number of non-ortho nitro benzene ring substituents is 1. The van der Waals surface area contributed by atoms with Gasteiger partial charge >= 0.3 is 0 Å². The molecule has 3 aromatic rings. The van der Waals surface area contributed by atoms with E-state index in [1.54, 1.807) is 41.9 Å². The number of piperazine rings is 1. The summed E-state index contributed by atoms with van der Waals surface area (Å²) in [5.74, 6) is 0.998. The van der Waals surface area contributed by atoms with Crippen molar-refractivity contribution in [2.24, 2.45) is 0 Å². The number of hydrogen-bond donors (Lipinski definition) is 1. The zero-order chi connectivity index (χ0) is 17.7. The summed E-state index contributed by atoms with van der Waals surface area (Å²) in [6.07, 6.45) is 4.10. The number of thiophene rings is 1. The van der Waals surface area contributed by atoms with E-state index in [4.69, 9.17) is 0 Å². The van der Waals surface area contributed by atoms with E-state index in [1.165, 1.54) is 12.8 Å². The fourth-order valence-corrected chi connectivity index (χ4v) is 4.95. The molecular weight excluding hydrogens is 350 g/mol. The molecular formula is C18H17N5O2S. The SMILES string of the molecule is O=[N+]([O-])c1ccc(-c2cc3c(N4CC5CCC(C4)N5)ncnc3s2)cc1. The Morgan fingerprint density at radius 2 is 1.88 bits per heavy atom. The van der Waals surface area contributed by atoms with Gasteiger partial charge in [0.25, 0.3) is 5.69 Å². The predicted octanol–water partition coefficient (Wildman–Crippen LogP) is 3.21. The molecule has 1 aromatic carbocycles. The van der Waals surface area contributed by atoms with Crippen molar-refractivity contribution in [2.45, 2.75) is 24.9 Å². The van der Waals surface area contributed by atoms with Crippen LogP contribution in [0, 0.1) is 10.1 Å². The lowest BCUT2D eigenvalue weighted by molar-refractivity contribution is -0.384. The minimum absolute atomic E-state index is 0.103. The van der Waals surface area contributed by atoms with Gasteiger partial charge in [-0.15, -0.1) is 11.3 Å². The number of benzene rings is 1. The molecule has 0 aliphatic carbocycles. The van der Waals surface area contributed by atoms with Gasteiger partial charge in [0.2, 0.25) is 0 Å². The van der Waals surface area contributed by atoms with Gasteiger partial charge in [-0.3, -0.25) is 10.1 Å². The van der Waals surface area contributed by atoms with Gasteiger partial charge in [-0.1, -0.05) is 0 Å². The molecule has 0 spiro atoms. The van der Waals surface area contributed by atoms with E-state index < -0.39 is 0 Å². The molecule has 0 saturated carbocycles. The molecule has 2 aliphatic rings. The molecule has 132 valence electrons. The lowest BCUT2D eigenvalue weighted by Gasteiger charge is -2.33. The Morgan fingerprint density at radius 1 is 1.15 bits per heavy atom. The largest absolute Gasteiger partial charge is 0.353 e. The lowest BCUT2D eigenvalue weighted by Crippen LogP contribution is -2.51. The first-order valence-electron chi connectivity index (χ1n) is 8.68. The Hall–Kier alpha value is -2.58. The van der Waals surface area contributed by atoms with Gasteiger partial charge in [0, 0.05) is 42.2 Å². The van der Waals surface area contributed by atoms with Gasteiger partial charge in [-0.05, 0) is 36.6 Å². The molecule has 0 radical (unpaired) electrons. The van der Waals surface area contributed by atoms with E-state index in [0.29, 0.717) is 12.1 Å². The van der Waals surface area contributed by atoms with E-state index in [0.717, 1.165) is 39.6 Å². The average Bonchev–Trinajstić information content (AvgIpc) is 3.24. The summed E-state index contributed by atoms with van der Waals surface area (Å²) >= 11 is 1.60. The van der Waals surface area contributed by atoms with Crippen molar-refractivity contribution in [1.29, 1.82) is 0 Å². The van der Waals surface area contributed by atoms with Crippen LogP contribution in [0.3, 0.4) is 0 Å². The second kappa shape index (κ2) is 6.00. The molecule has 8 heteroatoms. The van der Waals surface area contributed by atoms with Crippen LogP contribution in [0.4, 0.5) is 11.5 Å². The first-order valence-corrected chi connectivity index (χ1v) is 9.49. The quantitative estimate of drug-likeness (QED) is 0.565. The summed E-state index contributed by atoms with van der Waals surface area (Å²) in [5, 5.41) is 15.6. The fraction of sp³-hybridized carbons (Fsp3) is 0.333. The van der Waals surface area contributed by atoms with Crippen LogP contribution in [-0.2, 0) is 0 Å². The second-order valence-electron chi connectivity index (χ2n) is 6.87. The molecule has 0 amide bonds. The van der Waals surface area contributed by atoms with Crippen LogP contribution in [0.5, 0.6) is 0 Å². The second-order valence-corrected chi connectivity index (χ2v) is 7.90. The van der Waals surface area contributed by atoms with Crippen molar-refractivity contribution >= 4 is 33.1 Å². The predicted molar refractivity (Wildman–Crippen MR) is 102 cm³/mol. The van der Waals surface area contributed by atoms with Gasteiger partial charge < -0.3 is 10.2 Å². The van der Waals surface area contributed by atoms with Crippen molar-refractivity contribution in [3.63, 3.8) is 0 Å². The third-order valence-electron chi connectivity index (χ3n) is 5.19. The molecule has 2 aliphatic heterocycles. The van der Waals surface area contributed by atoms with E-state index in [-0.39, 0.29) is 10.6 Å². The highest BCUT2D eigenvalue weighted by Crippen LogP contribution is 2.37. The molecule has 1 N–H and O–H groups in total. The van der Waals surface area contributed by atoms with Gasteiger partial charge in [0.1, 0.15) is 17.0 Å². The molecule has 26 heavy (non-hydrogen) atoms. The fourth-order valence-electron chi connectivity index (χ4n) is 3.95. The Morgan fingerprint density at radius 3 is 2.58 bits per heavy atom. The molecule has 7 nitrogen and oxygen atoms in total. The number of nitrogens with zero attached hydrogens (tertiary/aromatic N) is 4. The van der Waals surface area contributed by atoms with Gasteiger partial charge in [-0.25, -0.2) is 9.97 Å². The normalized spacial score (nSPS) is 22.1. The zero-order valence-corrected chi connectivity index (χ0v) is 14.8. The first-order chi connectivity index (χ1) is 12.7. The molecule has 2 fully saturated rings. The summed E-state index contributed by atoms with van der Waals surface area (Å²) in [6, 6.07) is 9.88.